The van der Waals surface area contributed by atoms with Crippen LogP contribution in [-0.2, 0) is 6.42 Å². The number of rotatable bonds is 4. The maximum atomic E-state index is 12.7. The first-order valence-electron chi connectivity index (χ1n) is 9.07. The smallest absolute Gasteiger partial charge is 0.267 e. The van der Waals surface area contributed by atoms with Crippen molar-refractivity contribution in [1.82, 2.24) is 15.2 Å². The number of carbonyl (C=O) groups excluding carboxylic acids is 1. The third kappa shape index (κ3) is 3.53. The number of amides is 1. The molecular formula is C20H24BrN3O. The van der Waals surface area contributed by atoms with Crippen molar-refractivity contribution in [2.24, 2.45) is 5.92 Å². The van der Waals surface area contributed by atoms with Crippen molar-refractivity contribution >= 4 is 21.8 Å². The van der Waals surface area contributed by atoms with Crippen molar-refractivity contribution in [1.29, 1.82) is 0 Å². The predicted octanol–water partition coefficient (Wildman–Crippen LogP) is 3.58. The first-order chi connectivity index (χ1) is 12.1. The molecule has 132 valence electrons. The van der Waals surface area contributed by atoms with Crippen LogP contribution in [0.25, 0.3) is 0 Å². The van der Waals surface area contributed by atoms with Gasteiger partial charge in [0.05, 0.1) is 0 Å². The van der Waals surface area contributed by atoms with Crippen LogP contribution in [0.15, 0.2) is 40.9 Å². The summed E-state index contributed by atoms with van der Waals surface area (Å²) in [6.45, 7) is 4.60. The molecule has 1 aromatic carbocycles. The summed E-state index contributed by atoms with van der Waals surface area (Å²) in [7, 11) is 0. The normalized spacial score (nSPS) is 28.1. The number of carbonyl (C=O) groups is 1. The SMILES string of the molecule is C[C@H]1[C@H](NC(=O)c2ccc(Cc3cccc(Br)c3)[nH]2)C2CCN1CC2. The Kier molecular flexibility index (Phi) is 4.69. The van der Waals surface area contributed by atoms with E-state index in [1.165, 1.54) is 31.5 Å². The lowest BCUT2D eigenvalue weighted by molar-refractivity contribution is 0.0216. The minimum absolute atomic E-state index is 0.0195. The molecule has 4 nitrogen and oxygen atoms in total. The van der Waals surface area contributed by atoms with Gasteiger partial charge >= 0.3 is 0 Å². The molecule has 0 radical (unpaired) electrons. The van der Waals surface area contributed by atoms with E-state index in [4.69, 9.17) is 0 Å². The van der Waals surface area contributed by atoms with Crippen molar-refractivity contribution in [3.05, 3.63) is 57.8 Å². The van der Waals surface area contributed by atoms with Gasteiger partial charge in [0.2, 0.25) is 0 Å². The van der Waals surface area contributed by atoms with Gasteiger partial charge in [-0.3, -0.25) is 9.69 Å². The van der Waals surface area contributed by atoms with E-state index in [-0.39, 0.29) is 11.9 Å². The molecule has 0 spiro atoms. The molecule has 3 fully saturated rings. The predicted molar refractivity (Wildman–Crippen MR) is 103 cm³/mol. The average molecular weight is 402 g/mol. The van der Waals surface area contributed by atoms with Crippen molar-refractivity contribution in [2.45, 2.75) is 38.3 Å². The zero-order valence-electron chi connectivity index (χ0n) is 14.5. The van der Waals surface area contributed by atoms with E-state index in [0.717, 1.165) is 16.6 Å². The summed E-state index contributed by atoms with van der Waals surface area (Å²) in [6, 6.07) is 12.9. The average Bonchev–Trinajstić information content (AvgIpc) is 3.07. The van der Waals surface area contributed by atoms with Crippen LogP contribution >= 0.6 is 15.9 Å². The summed E-state index contributed by atoms with van der Waals surface area (Å²) in [4.78, 5) is 18.5. The van der Waals surface area contributed by atoms with E-state index in [0.29, 0.717) is 17.7 Å². The molecule has 2 N–H and O–H groups in total. The minimum atomic E-state index is 0.0195. The van der Waals surface area contributed by atoms with Gasteiger partial charge < -0.3 is 10.3 Å². The molecule has 4 heterocycles. The standard InChI is InChI=1S/C20H24BrN3O/c1-13-19(15-7-9-24(13)10-8-15)23-20(25)18-6-5-17(22-18)12-14-3-2-4-16(21)11-14/h2-6,11,13,15,19,22H,7-10,12H2,1H3,(H,23,25)/t13-,19-/m0/s1. The Morgan fingerprint density at radius 2 is 2.08 bits per heavy atom. The maximum Gasteiger partial charge on any atom is 0.267 e. The van der Waals surface area contributed by atoms with Crippen LogP contribution in [-0.4, -0.2) is 41.0 Å². The molecule has 2 bridgehead atoms. The number of nitrogens with zero attached hydrogens (tertiary/aromatic N) is 1. The molecule has 5 heteroatoms. The van der Waals surface area contributed by atoms with Gasteiger partial charge in [-0.1, -0.05) is 28.1 Å². The van der Waals surface area contributed by atoms with Gasteiger partial charge in [0.15, 0.2) is 0 Å². The van der Waals surface area contributed by atoms with Gasteiger partial charge in [0.1, 0.15) is 5.69 Å². The van der Waals surface area contributed by atoms with E-state index in [1.807, 2.05) is 24.3 Å². The number of piperidine rings is 3. The Bertz CT molecular complexity index is 762. The lowest BCUT2D eigenvalue weighted by Gasteiger charge is -2.49. The molecule has 3 saturated heterocycles. The zero-order chi connectivity index (χ0) is 17.4. The second-order valence-corrected chi connectivity index (χ2v) is 8.23. The molecule has 1 aromatic heterocycles. The molecule has 5 rings (SSSR count). The third-order valence-corrected chi connectivity index (χ3v) is 6.24. The summed E-state index contributed by atoms with van der Waals surface area (Å²) in [5.74, 6) is 0.645. The lowest BCUT2D eigenvalue weighted by Crippen LogP contribution is -2.62. The van der Waals surface area contributed by atoms with E-state index in [9.17, 15) is 4.79 Å². The van der Waals surface area contributed by atoms with Crippen LogP contribution in [0.2, 0.25) is 0 Å². The molecule has 3 aliphatic heterocycles. The molecule has 0 unspecified atom stereocenters. The highest BCUT2D eigenvalue weighted by Gasteiger charge is 2.40. The van der Waals surface area contributed by atoms with Gasteiger partial charge in [-0.05, 0) is 68.6 Å². The number of nitrogens with one attached hydrogen (secondary N) is 2. The molecule has 2 aromatic rings. The molecule has 2 atom stereocenters. The Morgan fingerprint density at radius 3 is 2.80 bits per heavy atom. The zero-order valence-corrected chi connectivity index (χ0v) is 16.1. The van der Waals surface area contributed by atoms with Crippen LogP contribution in [0.4, 0.5) is 0 Å². The molecule has 0 aliphatic carbocycles. The topological polar surface area (TPSA) is 48.1 Å². The minimum Gasteiger partial charge on any atom is -0.354 e. The Balaban J connectivity index is 1.42. The third-order valence-electron chi connectivity index (χ3n) is 5.75. The summed E-state index contributed by atoms with van der Waals surface area (Å²) >= 11 is 3.50. The van der Waals surface area contributed by atoms with Crippen LogP contribution in [0, 0.1) is 5.92 Å². The van der Waals surface area contributed by atoms with Gasteiger partial charge in [-0.25, -0.2) is 0 Å². The summed E-state index contributed by atoms with van der Waals surface area (Å²) in [5.41, 5.74) is 2.94. The first kappa shape index (κ1) is 16.9. The van der Waals surface area contributed by atoms with Crippen molar-refractivity contribution in [3.63, 3.8) is 0 Å². The van der Waals surface area contributed by atoms with E-state index in [1.54, 1.807) is 0 Å². The fourth-order valence-corrected chi connectivity index (χ4v) is 4.76. The van der Waals surface area contributed by atoms with Crippen molar-refractivity contribution in [2.75, 3.05) is 13.1 Å². The highest BCUT2D eigenvalue weighted by molar-refractivity contribution is 9.10. The van der Waals surface area contributed by atoms with Gasteiger partial charge in [-0.15, -0.1) is 0 Å². The van der Waals surface area contributed by atoms with E-state index in [2.05, 4.69) is 50.2 Å². The van der Waals surface area contributed by atoms with Gasteiger partial charge in [0, 0.05) is 28.7 Å². The largest absolute Gasteiger partial charge is 0.354 e. The van der Waals surface area contributed by atoms with Crippen molar-refractivity contribution in [3.8, 4) is 0 Å². The fourth-order valence-electron chi connectivity index (χ4n) is 4.32. The van der Waals surface area contributed by atoms with E-state index >= 15 is 0 Å². The van der Waals surface area contributed by atoms with Gasteiger partial charge in [-0.2, -0.15) is 0 Å². The number of hydrogen-bond donors (Lipinski definition) is 2. The first-order valence-corrected chi connectivity index (χ1v) is 9.87. The van der Waals surface area contributed by atoms with E-state index < -0.39 is 0 Å². The van der Waals surface area contributed by atoms with Crippen molar-refractivity contribution < 1.29 is 4.79 Å². The molecule has 0 saturated carbocycles. The lowest BCUT2D eigenvalue weighted by atomic mass is 9.79. The molecule has 1 amide bonds. The second-order valence-electron chi connectivity index (χ2n) is 7.32. The summed E-state index contributed by atoms with van der Waals surface area (Å²) < 4.78 is 1.07. The maximum absolute atomic E-state index is 12.7. The number of hydrogen-bond acceptors (Lipinski definition) is 2. The summed E-state index contributed by atoms with van der Waals surface area (Å²) in [5, 5.41) is 3.28. The Hall–Kier alpha value is -1.59. The quantitative estimate of drug-likeness (QED) is 0.822. The van der Waals surface area contributed by atoms with Crippen LogP contribution in [0.5, 0.6) is 0 Å². The highest BCUT2D eigenvalue weighted by atomic mass is 79.9. The number of fused-ring (bicyclic) bond motifs is 3. The molecule has 3 aliphatic rings. The van der Waals surface area contributed by atoms with Gasteiger partial charge in [0.25, 0.3) is 5.91 Å². The number of aromatic nitrogens is 1. The highest BCUT2D eigenvalue weighted by Crippen LogP contribution is 2.32. The summed E-state index contributed by atoms with van der Waals surface area (Å²) in [6.07, 6.45) is 3.20. The fraction of sp³-hybridized carbons (Fsp3) is 0.450. The number of H-pyrrole nitrogens is 1. The monoisotopic (exact) mass is 401 g/mol. The van der Waals surface area contributed by atoms with Crippen LogP contribution < -0.4 is 5.32 Å². The number of benzene rings is 1. The number of halogens is 1. The number of aromatic amines is 1. The van der Waals surface area contributed by atoms with Crippen LogP contribution in [0.1, 0.15) is 41.5 Å². The Labute approximate surface area is 157 Å². The van der Waals surface area contributed by atoms with Crippen LogP contribution in [0.3, 0.4) is 0 Å². The molecule has 25 heavy (non-hydrogen) atoms. The Morgan fingerprint density at radius 1 is 1.28 bits per heavy atom. The second kappa shape index (κ2) is 6.96. The molecular weight excluding hydrogens is 378 g/mol.